The van der Waals surface area contributed by atoms with Crippen molar-refractivity contribution in [2.75, 3.05) is 6.61 Å². The van der Waals surface area contributed by atoms with Gasteiger partial charge in [0.05, 0.1) is 25.2 Å². The fourth-order valence-electron chi connectivity index (χ4n) is 1.63. The minimum absolute atomic E-state index is 0.0194. The van der Waals surface area contributed by atoms with E-state index in [1.54, 1.807) is 0 Å². The molecule has 1 heterocycles. The Hall–Kier alpha value is -0.690. The Morgan fingerprint density at radius 1 is 1.43 bits per heavy atom. The molecule has 1 saturated heterocycles. The summed E-state index contributed by atoms with van der Waals surface area (Å²) in [7, 11) is 0. The van der Waals surface area contributed by atoms with Crippen molar-refractivity contribution in [3.05, 3.63) is 0 Å². The Bertz CT molecular complexity index is 206. The summed E-state index contributed by atoms with van der Waals surface area (Å²) in [6.45, 7) is -0.411. The van der Waals surface area contributed by atoms with Gasteiger partial charge in [0.25, 0.3) is 0 Å². The highest BCUT2D eigenvalue weighted by molar-refractivity contribution is 5.67. The first kappa shape index (κ1) is 11.4. The van der Waals surface area contributed by atoms with Crippen LogP contribution in [0.1, 0.15) is 12.8 Å². The number of hydrogen-bond acceptors (Lipinski definition) is 5. The molecule has 0 aromatic carbocycles. The fraction of sp³-hybridized carbons (Fsp3) is 0.875. The number of aliphatic hydroxyl groups excluding tert-OH is 3. The lowest BCUT2D eigenvalue weighted by atomic mass is 9.88. The van der Waals surface area contributed by atoms with Crippen LogP contribution in [0, 0.1) is 5.92 Å². The highest BCUT2D eigenvalue weighted by atomic mass is 16.6. The molecule has 0 bridgehead atoms. The second-order valence-electron chi connectivity index (χ2n) is 3.38. The lowest BCUT2D eigenvalue weighted by Crippen LogP contribution is -2.46. The zero-order valence-corrected chi connectivity index (χ0v) is 7.54. The van der Waals surface area contributed by atoms with E-state index >= 15 is 0 Å². The van der Waals surface area contributed by atoms with Gasteiger partial charge >= 0.3 is 5.97 Å². The first-order chi connectivity index (χ1) is 6.54. The third-order valence-corrected chi connectivity index (χ3v) is 2.34. The number of carboxylic acid groups (broad SMARTS) is 1. The number of aliphatic carboxylic acids is 1. The van der Waals surface area contributed by atoms with Crippen molar-refractivity contribution < 1.29 is 30.0 Å². The topological polar surface area (TPSA) is 107 Å². The molecule has 1 aliphatic rings. The Kier molecular flexibility index (Phi) is 3.82. The summed E-state index contributed by atoms with van der Waals surface area (Å²) < 4.78 is 4.90. The van der Waals surface area contributed by atoms with Gasteiger partial charge in [0, 0.05) is 12.3 Å². The molecule has 1 aliphatic heterocycles. The molecule has 0 aromatic rings. The molecule has 4 N–H and O–H groups in total. The van der Waals surface area contributed by atoms with E-state index in [1.807, 2.05) is 0 Å². The average Bonchev–Trinajstić information content (AvgIpc) is 2.08. The van der Waals surface area contributed by atoms with E-state index in [2.05, 4.69) is 0 Å². The Balaban J connectivity index is 2.63. The van der Waals surface area contributed by atoms with Crippen molar-refractivity contribution in [1.29, 1.82) is 0 Å². The first-order valence-corrected chi connectivity index (χ1v) is 4.38. The Morgan fingerprint density at radius 3 is 2.57 bits per heavy atom. The summed E-state index contributed by atoms with van der Waals surface area (Å²) in [4.78, 5) is 10.4. The van der Waals surface area contributed by atoms with Gasteiger partial charge in [-0.05, 0) is 0 Å². The van der Waals surface area contributed by atoms with Crippen LogP contribution in [0.4, 0.5) is 0 Å². The van der Waals surface area contributed by atoms with Gasteiger partial charge in [-0.3, -0.25) is 4.79 Å². The number of hydrogen-bond donors (Lipinski definition) is 4. The molecular formula is C8H14O6. The zero-order chi connectivity index (χ0) is 10.7. The van der Waals surface area contributed by atoms with Crippen molar-refractivity contribution in [2.24, 2.45) is 5.92 Å². The minimum atomic E-state index is -1.13. The predicted octanol–water partition coefficient (Wildman–Crippen LogP) is -1.46. The number of aliphatic hydroxyl groups is 3. The van der Waals surface area contributed by atoms with Crippen molar-refractivity contribution in [3.63, 3.8) is 0 Å². The van der Waals surface area contributed by atoms with Crippen LogP contribution in [-0.2, 0) is 9.53 Å². The van der Waals surface area contributed by atoms with Gasteiger partial charge in [0.1, 0.15) is 0 Å². The minimum Gasteiger partial charge on any atom is -0.481 e. The normalized spacial score (nSPS) is 38.2. The van der Waals surface area contributed by atoms with E-state index in [9.17, 15) is 9.90 Å². The molecule has 0 spiro atoms. The molecule has 82 valence electrons. The molecule has 0 amide bonds. The maximum absolute atomic E-state index is 10.4. The van der Waals surface area contributed by atoms with E-state index in [1.165, 1.54) is 0 Å². The molecule has 6 nitrogen and oxygen atoms in total. The molecule has 0 aromatic heterocycles. The third kappa shape index (κ3) is 2.65. The van der Waals surface area contributed by atoms with Crippen LogP contribution in [0.25, 0.3) is 0 Å². The zero-order valence-electron chi connectivity index (χ0n) is 7.54. The number of carboxylic acids is 1. The van der Waals surface area contributed by atoms with E-state index in [0.29, 0.717) is 0 Å². The van der Waals surface area contributed by atoms with Crippen LogP contribution in [0.2, 0.25) is 0 Å². The predicted molar refractivity (Wildman–Crippen MR) is 44.3 cm³/mol. The molecule has 1 fully saturated rings. The number of ether oxygens (including phenoxy) is 1. The fourth-order valence-corrected chi connectivity index (χ4v) is 1.63. The van der Waals surface area contributed by atoms with E-state index < -0.39 is 37.0 Å². The number of rotatable bonds is 3. The Morgan fingerprint density at radius 2 is 2.07 bits per heavy atom. The first-order valence-electron chi connectivity index (χ1n) is 4.38. The summed E-state index contributed by atoms with van der Waals surface area (Å²) in [5.74, 6) is -1.73. The summed E-state index contributed by atoms with van der Waals surface area (Å²) in [6.07, 6.45) is -3.20. The molecule has 0 aliphatic carbocycles. The maximum atomic E-state index is 10.4. The van der Waals surface area contributed by atoms with Crippen LogP contribution >= 0.6 is 0 Å². The van der Waals surface area contributed by atoms with E-state index in [-0.39, 0.29) is 12.8 Å². The summed E-state index contributed by atoms with van der Waals surface area (Å²) in [5, 5.41) is 36.0. The molecule has 0 saturated carbocycles. The van der Waals surface area contributed by atoms with Crippen molar-refractivity contribution in [3.8, 4) is 0 Å². The van der Waals surface area contributed by atoms with Crippen LogP contribution in [-0.4, -0.2) is 51.5 Å². The third-order valence-electron chi connectivity index (χ3n) is 2.34. The summed E-state index contributed by atoms with van der Waals surface area (Å²) >= 11 is 0. The van der Waals surface area contributed by atoms with Crippen LogP contribution in [0.15, 0.2) is 0 Å². The van der Waals surface area contributed by atoms with Gasteiger partial charge in [-0.15, -0.1) is 0 Å². The van der Waals surface area contributed by atoms with Crippen molar-refractivity contribution >= 4 is 5.97 Å². The lowest BCUT2D eigenvalue weighted by molar-refractivity contribution is -0.224. The van der Waals surface area contributed by atoms with Gasteiger partial charge < -0.3 is 25.2 Å². The van der Waals surface area contributed by atoms with E-state index in [4.69, 9.17) is 20.1 Å². The van der Waals surface area contributed by atoms with Crippen molar-refractivity contribution in [2.45, 2.75) is 31.3 Å². The quantitative estimate of drug-likeness (QED) is 0.449. The van der Waals surface area contributed by atoms with E-state index in [0.717, 1.165) is 0 Å². The van der Waals surface area contributed by atoms with Crippen LogP contribution in [0.3, 0.4) is 0 Å². The Labute approximate surface area is 80.7 Å². The van der Waals surface area contributed by atoms with Crippen molar-refractivity contribution in [1.82, 2.24) is 0 Å². The molecule has 1 unspecified atom stereocenters. The molecule has 0 radical (unpaired) electrons. The second kappa shape index (κ2) is 4.70. The largest absolute Gasteiger partial charge is 0.481 e. The SMILES string of the molecule is O=C(O)C[C@H]1[C@H](O)CC(O)O[C@H]1CO. The number of carbonyl (C=O) groups is 1. The lowest BCUT2D eigenvalue weighted by Gasteiger charge is -2.36. The molecule has 6 heteroatoms. The summed E-state index contributed by atoms with van der Waals surface area (Å²) in [6, 6.07) is 0. The van der Waals surface area contributed by atoms with Gasteiger partial charge in [-0.1, -0.05) is 0 Å². The van der Waals surface area contributed by atoms with Gasteiger partial charge in [-0.2, -0.15) is 0 Å². The van der Waals surface area contributed by atoms with Crippen LogP contribution < -0.4 is 0 Å². The highest BCUT2D eigenvalue weighted by Gasteiger charge is 2.37. The average molecular weight is 206 g/mol. The monoisotopic (exact) mass is 206 g/mol. The molecular weight excluding hydrogens is 192 g/mol. The summed E-state index contributed by atoms with van der Waals surface area (Å²) in [5.41, 5.74) is 0. The molecule has 1 rings (SSSR count). The molecule has 14 heavy (non-hydrogen) atoms. The smallest absolute Gasteiger partial charge is 0.303 e. The standard InChI is InChI=1S/C8H14O6/c9-3-6-4(1-7(11)12)5(10)2-8(13)14-6/h4-6,8-10,13H,1-3H2,(H,11,12)/t4-,5+,6-,8?/m0/s1. The van der Waals surface area contributed by atoms with Crippen LogP contribution in [0.5, 0.6) is 0 Å². The maximum Gasteiger partial charge on any atom is 0.303 e. The highest BCUT2D eigenvalue weighted by Crippen LogP contribution is 2.27. The van der Waals surface area contributed by atoms with Gasteiger partial charge in [0.15, 0.2) is 6.29 Å². The van der Waals surface area contributed by atoms with Gasteiger partial charge in [-0.25, -0.2) is 0 Å². The molecule has 4 atom stereocenters. The second-order valence-corrected chi connectivity index (χ2v) is 3.38. The van der Waals surface area contributed by atoms with Gasteiger partial charge in [0.2, 0.25) is 0 Å².